The zero-order chi connectivity index (χ0) is 22.1. The number of hydrogen-bond acceptors (Lipinski definition) is 5. The summed E-state index contributed by atoms with van der Waals surface area (Å²) in [5, 5.41) is 8.27. The summed E-state index contributed by atoms with van der Waals surface area (Å²) >= 11 is 0. The van der Waals surface area contributed by atoms with Gasteiger partial charge in [0.05, 0.1) is 32.1 Å². The van der Waals surface area contributed by atoms with Crippen LogP contribution < -0.4 is 9.64 Å². The van der Waals surface area contributed by atoms with Crippen molar-refractivity contribution in [3.63, 3.8) is 0 Å². The van der Waals surface area contributed by atoms with E-state index in [1.54, 1.807) is 32.2 Å². The average Bonchev–Trinajstić information content (AvgIpc) is 2.71. The summed E-state index contributed by atoms with van der Waals surface area (Å²) in [5.41, 5.74) is 4.02. The maximum atomic E-state index is 13.3. The fraction of sp³-hybridized carbons (Fsp3) is 0.375. The molecule has 1 aliphatic rings. The summed E-state index contributed by atoms with van der Waals surface area (Å²) in [4.78, 5) is 19.5. The second-order valence-electron chi connectivity index (χ2n) is 8.21. The van der Waals surface area contributed by atoms with Crippen molar-refractivity contribution in [1.29, 1.82) is 5.41 Å². The minimum Gasteiger partial charge on any atom is -0.501 e. The molecule has 1 aliphatic heterocycles. The van der Waals surface area contributed by atoms with Gasteiger partial charge in [0.15, 0.2) is 0 Å². The molecule has 6 nitrogen and oxygen atoms in total. The molecule has 158 valence electrons. The quantitative estimate of drug-likeness (QED) is 0.560. The molecule has 1 aromatic carbocycles. The van der Waals surface area contributed by atoms with Crippen LogP contribution in [-0.4, -0.2) is 30.8 Å². The number of rotatable bonds is 6. The van der Waals surface area contributed by atoms with Gasteiger partial charge in [0.2, 0.25) is 5.91 Å². The third-order valence-corrected chi connectivity index (χ3v) is 5.50. The number of pyridine rings is 1. The number of ether oxygens (including phenoxy) is 2. The van der Waals surface area contributed by atoms with E-state index < -0.39 is 5.41 Å². The number of anilines is 1. The molecule has 0 saturated heterocycles. The molecule has 0 aliphatic carbocycles. The van der Waals surface area contributed by atoms with Gasteiger partial charge in [-0.15, -0.1) is 0 Å². The van der Waals surface area contributed by atoms with E-state index in [1.165, 1.54) is 0 Å². The Morgan fingerprint density at radius 3 is 2.53 bits per heavy atom. The van der Waals surface area contributed by atoms with Crippen LogP contribution >= 0.6 is 0 Å². The zero-order valence-corrected chi connectivity index (χ0v) is 18.5. The highest BCUT2D eigenvalue weighted by Crippen LogP contribution is 2.43. The molecular formula is C24H29N3O3. The van der Waals surface area contributed by atoms with Crippen molar-refractivity contribution in [3.8, 4) is 5.75 Å². The van der Waals surface area contributed by atoms with Gasteiger partial charge in [-0.3, -0.25) is 9.78 Å². The molecule has 0 bridgehead atoms. The van der Waals surface area contributed by atoms with Gasteiger partial charge in [-0.1, -0.05) is 19.9 Å². The number of amides is 1. The van der Waals surface area contributed by atoms with Crippen molar-refractivity contribution in [2.75, 3.05) is 19.1 Å². The summed E-state index contributed by atoms with van der Waals surface area (Å²) in [5.74, 6) is 1.31. The third-order valence-electron chi connectivity index (χ3n) is 5.50. The number of hydrogen-bond donors (Lipinski definition) is 1. The molecule has 2 heterocycles. The van der Waals surface area contributed by atoms with E-state index in [2.05, 4.69) is 4.98 Å². The standard InChI is InChI=1S/C24H29N3O3/c1-15(25)22(16(2)29-5)19-11-17-13-24(3,4)23(28)27(20(17)12-21(19)30-6)14-18-9-7-8-10-26-18/h7-12,25H,13-14H2,1-6H3/b22-16+,25-15?. The number of carbonyl (C=O) groups is 1. The molecule has 6 heteroatoms. The van der Waals surface area contributed by atoms with Crippen molar-refractivity contribution in [1.82, 2.24) is 4.98 Å². The SMILES string of the molecule is CO/C(C)=C(\C(C)=N)c1cc2c(cc1OC)N(Cc1ccccn1)C(=O)C(C)(C)C2. The van der Waals surface area contributed by atoms with Gasteiger partial charge in [-0.25, -0.2) is 0 Å². The van der Waals surface area contributed by atoms with Crippen molar-refractivity contribution in [2.24, 2.45) is 5.41 Å². The van der Waals surface area contributed by atoms with Crippen LogP contribution in [0, 0.1) is 10.8 Å². The van der Waals surface area contributed by atoms with E-state index in [0.29, 0.717) is 35.8 Å². The predicted molar refractivity (Wildman–Crippen MR) is 119 cm³/mol. The van der Waals surface area contributed by atoms with E-state index >= 15 is 0 Å². The molecule has 1 N–H and O–H groups in total. The number of methoxy groups -OCH3 is 2. The molecule has 0 spiro atoms. The number of benzene rings is 1. The van der Waals surface area contributed by atoms with Crippen LogP contribution in [0.5, 0.6) is 5.75 Å². The minimum absolute atomic E-state index is 0.0579. The number of carbonyl (C=O) groups excluding carboxylic acids is 1. The Morgan fingerprint density at radius 2 is 1.97 bits per heavy atom. The molecule has 2 aromatic rings. The monoisotopic (exact) mass is 407 g/mol. The second-order valence-corrected chi connectivity index (χ2v) is 8.21. The first-order chi connectivity index (χ1) is 14.2. The summed E-state index contributed by atoms with van der Waals surface area (Å²) in [6, 6.07) is 9.63. The van der Waals surface area contributed by atoms with E-state index in [-0.39, 0.29) is 5.91 Å². The Balaban J connectivity index is 2.20. The molecule has 30 heavy (non-hydrogen) atoms. The predicted octanol–water partition coefficient (Wildman–Crippen LogP) is 4.62. The van der Waals surface area contributed by atoms with Crippen LogP contribution in [-0.2, 0) is 22.5 Å². The van der Waals surface area contributed by atoms with Crippen molar-refractivity contribution in [3.05, 3.63) is 59.1 Å². The van der Waals surface area contributed by atoms with Gasteiger partial charge in [-0.05, 0) is 44.0 Å². The number of nitrogens with zero attached hydrogens (tertiary/aromatic N) is 2. The fourth-order valence-corrected chi connectivity index (χ4v) is 3.97. The van der Waals surface area contributed by atoms with Gasteiger partial charge in [0.1, 0.15) is 11.5 Å². The Labute approximate surface area is 178 Å². The minimum atomic E-state index is -0.548. The van der Waals surface area contributed by atoms with E-state index in [9.17, 15) is 4.79 Å². The van der Waals surface area contributed by atoms with Crippen LogP contribution in [0.1, 0.15) is 44.5 Å². The first kappa shape index (κ1) is 21.6. The number of aromatic nitrogens is 1. The summed E-state index contributed by atoms with van der Waals surface area (Å²) in [6.07, 6.45) is 2.34. The molecule has 1 aromatic heterocycles. The maximum Gasteiger partial charge on any atom is 0.233 e. The molecule has 0 fully saturated rings. The highest BCUT2D eigenvalue weighted by atomic mass is 16.5. The van der Waals surface area contributed by atoms with E-state index in [0.717, 1.165) is 22.5 Å². The van der Waals surface area contributed by atoms with Gasteiger partial charge < -0.3 is 19.8 Å². The lowest BCUT2D eigenvalue weighted by Crippen LogP contribution is -2.46. The first-order valence-electron chi connectivity index (χ1n) is 9.93. The highest BCUT2D eigenvalue weighted by molar-refractivity contribution is 6.22. The topological polar surface area (TPSA) is 75.5 Å². The van der Waals surface area contributed by atoms with Gasteiger partial charge in [0, 0.05) is 34.5 Å². The van der Waals surface area contributed by atoms with Crippen LogP contribution in [0.4, 0.5) is 5.69 Å². The lowest BCUT2D eigenvalue weighted by atomic mass is 9.79. The molecular weight excluding hydrogens is 378 g/mol. The van der Waals surface area contributed by atoms with Gasteiger partial charge >= 0.3 is 0 Å². The molecule has 1 amide bonds. The van der Waals surface area contributed by atoms with Crippen molar-refractivity contribution >= 4 is 22.9 Å². The lowest BCUT2D eigenvalue weighted by molar-refractivity contribution is -0.127. The summed E-state index contributed by atoms with van der Waals surface area (Å²) < 4.78 is 11.1. The van der Waals surface area contributed by atoms with Crippen molar-refractivity contribution < 1.29 is 14.3 Å². The van der Waals surface area contributed by atoms with Crippen LogP contribution in [0.25, 0.3) is 5.57 Å². The molecule has 3 rings (SSSR count). The lowest BCUT2D eigenvalue weighted by Gasteiger charge is -2.39. The largest absolute Gasteiger partial charge is 0.501 e. The van der Waals surface area contributed by atoms with Crippen LogP contribution in [0.15, 0.2) is 42.3 Å². The Bertz CT molecular complexity index is 1010. The number of fused-ring (bicyclic) bond motifs is 1. The Morgan fingerprint density at radius 1 is 1.23 bits per heavy atom. The second kappa shape index (κ2) is 8.30. The van der Waals surface area contributed by atoms with Crippen LogP contribution in [0.2, 0.25) is 0 Å². The maximum absolute atomic E-state index is 13.3. The molecule has 0 saturated carbocycles. The Kier molecular flexibility index (Phi) is 5.97. The zero-order valence-electron chi connectivity index (χ0n) is 18.5. The molecule has 0 atom stereocenters. The van der Waals surface area contributed by atoms with Gasteiger partial charge in [0.25, 0.3) is 0 Å². The average molecular weight is 408 g/mol. The van der Waals surface area contributed by atoms with E-state index in [1.807, 2.05) is 51.1 Å². The fourth-order valence-electron chi connectivity index (χ4n) is 3.97. The smallest absolute Gasteiger partial charge is 0.233 e. The third kappa shape index (κ3) is 3.95. The molecule has 0 radical (unpaired) electrons. The van der Waals surface area contributed by atoms with E-state index in [4.69, 9.17) is 14.9 Å². The normalized spacial score (nSPS) is 15.9. The Hall–Kier alpha value is -3.15. The summed E-state index contributed by atoms with van der Waals surface area (Å²) in [6.45, 7) is 7.89. The molecule has 0 unspecified atom stereocenters. The first-order valence-corrected chi connectivity index (χ1v) is 9.93. The van der Waals surface area contributed by atoms with Crippen molar-refractivity contribution in [2.45, 2.75) is 40.7 Å². The summed E-state index contributed by atoms with van der Waals surface area (Å²) in [7, 11) is 3.20. The van der Waals surface area contributed by atoms with Gasteiger partial charge in [-0.2, -0.15) is 0 Å². The number of allylic oxidation sites excluding steroid dienone is 2. The highest BCUT2D eigenvalue weighted by Gasteiger charge is 2.40. The van der Waals surface area contributed by atoms with Crippen LogP contribution in [0.3, 0.4) is 0 Å². The number of nitrogens with one attached hydrogen (secondary N) is 1.